The molecular formula is C12H10F3N. The molecule has 4 heteroatoms. The molecular weight excluding hydrogens is 215 g/mol. The third-order valence-electron chi connectivity index (χ3n) is 2.09. The maximum absolute atomic E-state index is 12.5. The molecule has 0 atom stereocenters. The summed E-state index contributed by atoms with van der Waals surface area (Å²) >= 11 is 0. The summed E-state index contributed by atoms with van der Waals surface area (Å²) in [5.74, 6) is 0. The Morgan fingerprint density at radius 3 is 2.62 bits per heavy atom. The molecule has 0 saturated carbocycles. The minimum Gasteiger partial charge on any atom is -0.198 e. The first kappa shape index (κ1) is 12.3. The summed E-state index contributed by atoms with van der Waals surface area (Å²) in [6.45, 7) is 1.42. The van der Waals surface area contributed by atoms with Crippen molar-refractivity contribution in [3.63, 3.8) is 0 Å². The average molecular weight is 225 g/mol. The van der Waals surface area contributed by atoms with E-state index < -0.39 is 11.7 Å². The minimum atomic E-state index is -4.33. The molecule has 16 heavy (non-hydrogen) atoms. The summed E-state index contributed by atoms with van der Waals surface area (Å²) in [6.07, 6.45) is -1.10. The highest BCUT2D eigenvalue weighted by atomic mass is 19.4. The molecule has 0 aromatic heterocycles. The third kappa shape index (κ3) is 3.13. The lowest BCUT2D eigenvalue weighted by Crippen LogP contribution is -2.07. The van der Waals surface area contributed by atoms with Crippen molar-refractivity contribution in [2.75, 3.05) is 0 Å². The van der Waals surface area contributed by atoms with Crippen molar-refractivity contribution in [1.82, 2.24) is 0 Å². The largest absolute Gasteiger partial charge is 0.416 e. The van der Waals surface area contributed by atoms with Gasteiger partial charge in [0.15, 0.2) is 0 Å². The highest BCUT2D eigenvalue weighted by Gasteiger charge is 2.32. The number of halogens is 3. The summed E-state index contributed by atoms with van der Waals surface area (Å²) in [5.41, 5.74) is 0.0183. The Morgan fingerprint density at radius 1 is 1.38 bits per heavy atom. The summed E-state index contributed by atoms with van der Waals surface area (Å²) in [4.78, 5) is 0. The topological polar surface area (TPSA) is 23.8 Å². The number of hydrogen-bond donors (Lipinski definition) is 0. The van der Waals surface area contributed by atoms with E-state index >= 15 is 0 Å². The fourth-order valence-corrected chi connectivity index (χ4v) is 1.30. The SMILES string of the molecule is Cc1ccc(C=CCC#N)cc1C(F)(F)F. The summed E-state index contributed by atoms with van der Waals surface area (Å²) in [5, 5.41) is 8.29. The predicted molar refractivity (Wildman–Crippen MR) is 55.4 cm³/mol. The minimum absolute atomic E-state index is 0.190. The normalized spacial score (nSPS) is 11.7. The zero-order chi connectivity index (χ0) is 12.2. The van der Waals surface area contributed by atoms with Gasteiger partial charge in [-0.05, 0) is 24.1 Å². The second kappa shape index (κ2) is 4.84. The van der Waals surface area contributed by atoms with Crippen molar-refractivity contribution in [2.45, 2.75) is 19.5 Å². The lowest BCUT2D eigenvalue weighted by atomic mass is 10.0. The molecule has 0 radical (unpaired) electrons. The molecule has 0 spiro atoms. The molecule has 0 heterocycles. The quantitative estimate of drug-likeness (QED) is 0.747. The molecule has 0 fully saturated rings. The molecule has 0 bridgehead atoms. The van der Waals surface area contributed by atoms with Crippen LogP contribution in [0.2, 0.25) is 0 Å². The van der Waals surface area contributed by atoms with Gasteiger partial charge in [-0.1, -0.05) is 24.3 Å². The van der Waals surface area contributed by atoms with E-state index in [-0.39, 0.29) is 12.0 Å². The second-order valence-electron chi connectivity index (χ2n) is 3.34. The van der Waals surface area contributed by atoms with Crippen molar-refractivity contribution in [1.29, 1.82) is 5.26 Å². The molecule has 1 nitrogen and oxygen atoms in total. The van der Waals surface area contributed by atoms with E-state index in [1.54, 1.807) is 6.07 Å². The lowest BCUT2D eigenvalue weighted by Gasteiger charge is -2.10. The van der Waals surface area contributed by atoms with Gasteiger partial charge in [0.05, 0.1) is 18.1 Å². The van der Waals surface area contributed by atoms with Crippen molar-refractivity contribution < 1.29 is 13.2 Å². The predicted octanol–water partition coefficient (Wildman–Crippen LogP) is 3.94. The summed E-state index contributed by atoms with van der Waals surface area (Å²) in [7, 11) is 0. The van der Waals surface area contributed by atoms with Crippen LogP contribution < -0.4 is 0 Å². The van der Waals surface area contributed by atoms with Crippen LogP contribution in [0.15, 0.2) is 24.3 Å². The maximum Gasteiger partial charge on any atom is 0.416 e. The van der Waals surface area contributed by atoms with E-state index in [0.29, 0.717) is 5.56 Å². The van der Waals surface area contributed by atoms with Crippen LogP contribution in [0.1, 0.15) is 23.1 Å². The highest BCUT2D eigenvalue weighted by molar-refractivity contribution is 5.52. The van der Waals surface area contributed by atoms with E-state index in [1.807, 2.05) is 6.07 Å². The molecule has 0 aliphatic carbocycles. The third-order valence-corrected chi connectivity index (χ3v) is 2.09. The van der Waals surface area contributed by atoms with E-state index in [2.05, 4.69) is 0 Å². The Balaban J connectivity index is 3.04. The first-order chi connectivity index (χ1) is 7.45. The van der Waals surface area contributed by atoms with Crippen LogP contribution in [0, 0.1) is 18.3 Å². The van der Waals surface area contributed by atoms with E-state index in [1.165, 1.54) is 25.1 Å². The van der Waals surface area contributed by atoms with Crippen LogP contribution in [-0.4, -0.2) is 0 Å². The number of hydrogen-bond acceptors (Lipinski definition) is 1. The number of rotatable bonds is 2. The molecule has 0 N–H and O–H groups in total. The van der Waals surface area contributed by atoms with Crippen LogP contribution in [-0.2, 0) is 6.18 Å². The van der Waals surface area contributed by atoms with Crippen LogP contribution >= 0.6 is 0 Å². The Morgan fingerprint density at radius 2 is 2.06 bits per heavy atom. The van der Waals surface area contributed by atoms with Crippen molar-refractivity contribution in [3.8, 4) is 6.07 Å². The molecule has 84 valence electrons. The number of aryl methyl sites for hydroxylation is 1. The molecule has 0 aliphatic heterocycles. The van der Waals surface area contributed by atoms with Gasteiger partial charge in [0.2, 0.25) is 0 Å². The number of alkyl halides is 3. The standard InChI is InChI=1S/C12H10F3N/c1-9-5-6-10(4-2-3-7-16)8-11(9)12(13,14)15/h2,4-6,8H,3H2,1H3. The van der Waals surface area contributed by atoms with E-state index in [9.17, 15) is 13.2 Å². The van der Waals surface area contributed by atoms with E-state index in [0.717, 1.165) is 6.07 Å². The first-order valence-electron chi connectivity index (χ1n) is 4.66. The van der Waals surface area contributed by atoms with Gasteiger partial charge in [-0.3, -0.25) is 0 Å². The first-order valence-corrected chi connectivity index (χ1v) is 4.66. The number of nitriles is 1. The molecule has 0 aliphatic rings. The van der Waals surface area contributed by atoms with Gasteiger partial charge >= 0.3 is 6.18 Å². The number of nitrogens with zero attached hydrogens (tertiary/aromatic N) is 1. The van der Waals surface area contributed by atoms with Crippen LogP contribution in [0.3, 0.4) is 0 Å². The summed E-state index contributed by atoms with van der Waals surface area (Å²) in [6, 6.07) is 5.99. The zero-order valence-corrected chi connectivity index (χ0v) is 8.67. The number of allylic oxidation sites excluding steroid dienone is 1. The Hall–Kier alpha value is -1.76. The van der Waals surface area contributed by atoms with Gasteiger partial charge in [-0.25, -0.2) is 0 Å². The Bertz CT molecular complexity index is 439. The van der Waals surface area contributed by atoms with Crippen molar-refractivity contribution in [3.05, 3.63) is 41.0 Å². The van der Waals surface area contributed by atoms with Gasteiger partial charge in [-0.2, -0.15) is 18.4 Å². The smallest absolute Gasteiger partial charge is 0.198 e. The highest BCUT2D eigenvalue weighted by Crippen LogP contribution is 2.32. The van der Waals surface area contributed by atoms with Crippen molar-refractivity contribution >= 4 is 6.08 Å². The zero-order valence-electron chi connectivity index (χ0n) is 8.67. The van der Waals surface area contributed by atoms with Gasteiger partial charge in [-0.15, -0.1) is 0 Å². The molecule has 1 rings (SSSR count). The van der Waals surface area contributed by atoms with Crippen LogP contribution in [0.25, 0.3) is 6.08 Å². The monoisotopic (exact) mass is 225 g/mol. The maximum atomic E-state index is 12.5. The van der Waals surface area contributed by atoms with Gasteiger partial charge in [0, 0.05) is 0 Å². The van der Waals surface area contributed by atoms with Gasteiger partial charge in [0.1, 0.15) is 0 Å². The van der Waals surface area contributed by atoms with Gasteiger partial charge < -0.3 is 0 Å². The van der Waals surface area contributed by atoms with Crippen LogP contribution in [0.4, 0.5) is 13.2 Å². The van der Waals surface area contributed by atoms with Crippen LogP contribution in [0.5, 0.6) is 0 Å². The fourth-order valence-electron chi connectivity index (χ4n) is 1.30. The Kier molecular flexibility index (Phi) is 3.73. The molecule has 0 amide bonds. The van der Waals surface area contributed by atoms with Gasteiger partial charge in [0.25, 0.3) is 0 Å². The summed E-state index contributed by atoms with van der Waals surface area (Å²) < 4.78 is 37.6. The van der Waals surface area contributed by atoms with Crippen molar-refractivity contribution in [2.24, 2.45) is 0 Å². The second-order valence-corrected chi connectivity index (χ2v) is 3.34. The molecule has 1 aromatic carbocycles. The lowest BCUT2D eigenvalue weighted by molar-refractivity contribution is -0.138. The fraction of sp³-hybridized carbons (Fsp3) is 0.250. The van der Waals surface area contributed by atoms with E-state index in [4.69, 9.17) is 5.26 Å². The molecule has 0 saturated heterocycles. The molecule has 0 unspecified atom stereocenters. The number of benzene rings is 1. The Labute approximate surface area is 91.8 Å². The average Bonchev–Trinajstić information content (AvgIpc) is 2.19. The molecule has 1 aromatic rings.